The van der Waals surface area contributed by atoms with Gasteiger partial charge < -0.3 is 5.32 Å². The van der Waals surface area contributed by atoms with E-state index >= 15 is 0 Å². The van der Waals surface area contributed by atoms with E-state index in [0.29, 0.717) is 28.5 Å². The average molecular weight is 352 g/mol. The monoisotopic (exact) mass is 352 g/mol. The fourth-order valence-corrected chi connectivity index (χ4v) is 3.34. The Bertz CT molecular complexity index is 1000. The molecule has 1 aliphatic rings. The second-order valence-electron chi connectivity index (χ2n) is 7.53. The first-order valence-corrected chi connectivity index (χ1v) is 8.78. The molecular weight excluding hydrogens is 331 g/mol. The summed E-state index contributed by atoms with van der Waals surface area (Å²) >= 11 is 0. The molecule has 0 aliphatic heterocycles. The molecule has 1 fully saturated rings. The molecule has 5 nitrogen and oxygen atoms in total. The van der Waals surface area contributed by atoms with Gasteiger partial charge in [0.1, 0.15) is 12.1 Å². The minimum absolute atomic E-state index is 0.229. The van der Waals surface area contributed by atoms with Gasteiger partial charge in [-0.15, -0.1) is 0 Å². The van der Waals surface area contributed by atoms with Crippen molar-refractivity contribution in [2.24, 2.45) is 5.92 Å². The van der Waals surface area contributed by atoms with E-state index in [1.165, 1.54) is 12.1 Å². The topological polar surface area (TPSA) is 59.3 Å². The minimum Gasteiger partial charge on any atom is -0.345 e. The summed E-state index contributed by atoms with van der Waals surface area (Å²) in [6.07, 6.45) is 3.88. The van der Waals surface area contributed by atoms with Crippen LogP contribution in [0.5, 0.6) is 0 Å². The number of fused-ring (bicyclic) bond motifs is 1. The summed E-state index contributed by atoms with van der Waals surface area (Å²) in [4.78, 5) is 21.7. The average Bonchev–Trinajstić information content (AvgIpc) is 3.35. The predicted molar refractivity (Wildman–Crippen MR) is 97.4 cm³/mol. The van der Waals surface area contributed by atoms with Gasteiger partial charge in [0, 0.05) is 16.8 Å². The molecule has 2 aromatic heterocycles. The molecule has 0 unspecified atom stereocenters. The number of aryl methyl sites for hydroxylation is 1. The smallest absolute Gasteiger partial charge is 0.274 e. The van der Waals surface area contributed by atoms with Crippen LogP contribution < -0.4 is 5.32 Å². The number of carbonyl (C=O) groups excluding carboxylic acids is 1. The van der Waals surface area contributed by atoms with Crippen LogP contribution in [0.25, 0.3) is 16.9 Å². The Morgan fingerprint density at radius 2 is 2.08 bits per heavy atom. The van der Waals surface area contributed by atoms with E-state index in [9.17, 15) is 9.18 Å². The molecule has 1 aromatic carbocycles. The summed E-state index contributed by atoms with van der Waals surface area (Å²) in [6.45, 7) is 5.99. The molecule has 0 spiro atoms. The van der Waals surface area contributed by atoms with Gasteiger partial charge in [0.25, 0.3) is 5.91 Å². The first-order valence-electron chi connectivity index (χ1n) is 8.78. The number of imidazole rings is 1. The Kier molecular flexibility index (Phi) is 3.79. The molecule has 1 saturated carbocycles. The lowest BCUT2D eigenvalue weighted by Gasteiger charge is -2.25. The molecule has 1 amide bonds. The normalized spacial score (nSPS) is 14.6. The zero-order chi connectivity index (χ0) is 18.5. The second-order valence-corrected chi connectivity index (χ2v) is 7.53. The third kappa shape index (κ3) is 2.96. The number of halogens is 1. The number of aromatic nitrogens is 3. The first-order chi connectivity index (χ1) is 12.3. The number of nitrogens with one attached hydrogen (secondary N) is 1. The Morgan fingerprint density at radius 3 is 2.77 bits per heavy atom. The highest BCUT2D eigenvalue weighted by Crippen LogP contribution is 2.39. The van der Waals surface area contributed by atoms with Crippen LogP contribution in [0.15, 0.2) is 36.7 Å². The van der Waals surface area contributed by atoms with Crippen molar-refractivity contribution in [1.82, 2.24) is 19.7 Å². The van der Waals surface area contributed by atoms with Gasteiger partial charge >= 0.3 is 0 Å². The molecule has 0 atom stereocenters. The number of benzene rings is 1. The van der Waals surface area contributed by atoms with E-state index in [1.807, 2.05) is 26.8 Å². The van der Waals surface area contributed by atoms with Crippen LogP contribution in [0.3, 0.4) is 0 Å². The van der Waals surface area contributed by atoms with Crippen LogP contribution in [0.1, 0.15) is 42.9 Å². The quantitative estimate of drug-likeness (QED) is 0.778. The molecule has 1 aliphatic carbocycles. The molecule has 1 N–H and O–H groups in total. The van der Waals surface area contributed by atoms with Gasteiger partial charge in [-0.1, -0.05) is 12.1 Å². The van der Waals surface area contributed by atoms with E-state index < -0.39 is 0 Å². The van der Waals surface area contributed by atoms with E-state index in [1.54, 1.807) is 22.9 Å². The largest absolute Gasteiger partial charge is 0.345 e. The van der Waals surface area contributed by atoms with Gasteiger partial charge in [-0.25, -0.2) is 14.4 Å². The number of amides is 1. The molecule has 0 bridgehead atoms. The second kappa shape index (κ2) is 5.90. The molecule has 26 heavy (non-hydrogen) atoms. The van der Waals surface area contributed by atoms with Crippen LogP contribution in [0.4, 0.5) is 4.39 Å². The Morgan fingerprint density at radius 1 is 1.31 bits per heavy atom. The third-order valence-electron chi connectivity index (χ3n) is 5.06. The lowest BCUT2D eigenvalue weighted by atomic mass is 9.98. The lowest BCUT2D eigenvalue weighted by molar-refractivity contribution is 0.0900. The van der Waals surface area contributed by atoms with Gasteiger partial charge in [-0.3, -0.25) is 9.20 Å². The van der Waals surface area contributed by atoms with Crippen molar-refractivity contribution in [3.05, 3.63) is 53.9 Å². The fourth-order valence-electron chi connectivity index (χ4n) is 3.34. The Hall–Kier alpha value is -2.76. The lowest BCUT2D eigenvalue weighted by Crippen LogP contribution is -2.45. The maximum atomic E-state index is 13.6. The van der Waals surface area contributed by atoms with Crippen LogP contribution in [0, 0.1) is 18.7 Å². The van der Waals surface area contributed by atoms with Gasteiger partial charge in [0.2, 0.25) is 0 Å². The molecular formula is C20H21FN4O. The van der Waals surface area contributed by atoms with E-state index in [2.05, 4.69) is 15.3 Å². The van der Waals surface area contributed by atoms with Crippen molar-refractivity contribution in [2.75, 3.05) is 0 Å². The maximum Gasteiger partial charge on any atom is 0.274 e. The molecule has 0 radical (unpaired) electrons. The van der Waals surface area contributed by atoms with Gasteiger partial charge in [0.05, 0.1) is 5.69 Å². The first kappa shape index (κ1) is 16.7. The number of hydrogen-bond acceptors (Lipinski definition) is 3. The summed E-state index contributed by atoms with van der Waals surface area (Å²) in [5.74, 6) is -0.0370. The molecule has 2 heterocycles. The summed E-state index contributed by atoms with van der Waals surface area (Å²) in [5, 5.41) is 3.09. The highest BCUT2D eigenvalue weighted by atomic mass is 19.1. The van der Waals surface area contributed by atoms with Crippen LogP contribution in [-0.4, -0.2) is 25.8 Å². The van der Waals surface area contributed by atoms with Crippen molar-refractivity contribution >= 4 is 11.6 Å². The molecule has 4 rings (SSSR count). The maximum absolute atomic E-state index is 13.6. The van der Waals surface area contributed by atoms with Crippen LogP contribution >= 0.6 is 0 Å². The number of carbonyl (C=O) groups is 1. The van der Waals surface area contributed by atoms with E-state index in [4.69, 9.17) is 0 Å². The van der Waals surface area contributed by atoms with E-state index in [-0.39, 0.29) is 17.3 Å². The van der Waals surface area contributed by atoms with Crippen LogP contribution in [-0.2, 0) is 0 Å². The van der Waals surface area contributed by atoms with Gasteiger partial charge in [0.15, 0.2) is 11.3 Å². The Labute approximate surface area is 151 Å². The summed E-state index contributed by atoms with van der Waals surface area (Å²) in [7, 11) is 0. The third-order valence-corrected chi connectivity index (χ3v) is 5.06. The molecule has 3 aromatic rings. The van der Waals surface area contributed by atoms with Crippen molar-refractivity contribution in [1.29, 1.82) is 0 Å². The summed E-state index contributed by atoms with van der Waals surface area (Å²) in [6, 6.07) is 8.14. The Balaban J connectivity index is 1.75. The van der Waals surface area contributed by atoms with Crippen molar-refractivity contribution < 1.29 is 9.18 Å². The molecule has 0 saturated heterocycles. The SMILES string of the molecule is Cc1cc(-c2cccc(F)c2)nc2c(C(=O)NC(C)(C)C3CC3)ncn12. The molecule has 6 heteroatoms. The standard InChI is InChI=1S/C20H21FN4O/c1-12-9-16(13-5-4-6-15(21)10-13)23-18-17(22-11-25(12)18)19(26)24-20(2,3)14-7-8-14/h4-6,9-11,14H,7-8H2,1-3H3,(H,24,26). The van der Waals surface area contributed by atoms with Gasteiger partial charge in [-0.2, -0.15) is 0 Å². The number of nitrogens with zero attached hydrogens (tertiary/aromatic N) is 3. The predicted octanol–water partition coefficient (Wildman–Crippen LogP) is 3.76. The highest BCUT2D eigenvalue weighted by molar-refractivity contribution is 5.98. The van der Waals surface area contributed by atoms with Crippen molar-refractivity contribution in [3.8, 4) is 11.3 Å². The number of rotatable bonds is 4. The van der Waals surface area contributed by atoms with Crippen molar-refractivity contribution in [2.45, 2.75) is 39.2 Å². The van der Waals surface area contributed by atoms with Crippen LogP contribution in [0.2, 0.25) is 0 Å². The zero-order valence-corrected chi connectivity index (χ0v) is 15.1. The van der Waals surface area contributed by atoms with Gasteiger partial charge in [-0.05, 0) is 57.7 Å². The summed E-state index contributed by atoms with van der Waals surface area (Å²) in [5.41, 5.74) is 2.67. The minimum atomic E-state index is -0.320. The highest BCUT2D eigenvalue weighted by Gasteiger charge is 2.39. The van der Waals surface area contributed by atoms with Crippen molar-refractivity contribution in [3.63, 3.8) is 0 Å². The zero-order valence-electron chi connectivity index (χ0n) is 15.1. The molecule has 134 valence electrons. The fraction of sp³-hybridized carbons (Fsp3) is 0.350. The number of hydrogen-bond donors (Lipinski definition) is 1. The summed E-state index contributed by atoms with van der Waals surface area (Å²) < 4.78 is 15.4. The van der Waals surface area contributed by atoms with E-state index in [0.717, 1.165) is 18.5 Å².